The van der Waals surface area contributed by atoms with Crippen LogP contribution in [0.4, 0.5) is 5.69 Å². The van der Waals surface area contributed by atoms with Gasteiger partial charge in [-0.1, -0.05) is 13.3 Å². The third kappa shape index (κ3) is 4.17. The minimum atomic E-state index is -0.397. The zero-order valence-corrected chi connectivity index (χ0v) is 18.7. The van der Waals surface area contributed by atoms with Gasteiger partial charge in [-0.25, -0.2) is 4.79 Å². The van der Waals surface area contributed by atoms with E-state index in [2.05, 4.69) is 17.1 Å². The lowest BCUT2D eigenvalue weighted by atomic mass is 10.00. The number of hydrogen-bond donors (Lipinski definition) is 1. The van der Waals surface area contributed by atoms with Crippen molar-refractivity contribution in [2.75, 3.05) is 32.1 Å². The molecule has 7 heteroatoms. The van der Waals surface area contributed by atoms with Crippen molar-refractivity contribution in [3.05, 3.63) is 23.4 Å². The number of esters is 1. The Morgan fingerprint density at radius 2 is 2.00 bits per heavy atom. The van der Waals surface area contributed by atoms with Crippen LogP contribution in [0.1, 0.15) is 55.6 Å². The van der Waals surface area contributed by atoms with Gasteiger partial charge >= 0.3 is 5.97 Å². The normalized spacial score (nSPS) is 17.2. The third-order valence-corrected chi connectivity index (χ3v) is 6.15. The van der Waals surface area contributed by atoms with E-state index in [4.69, 9.17) is 9.47 Å². The Kier molecular flexibility index (Phi) is 7.02. The highest BCUT2D eigenvalue weighted by Gasteiger charge is 2.27. The van der Waals surface area contributed by atoms with Gasteiger partial charge in [-0.15, -0.1) is 0 Å². The molecule has 1 aromatic heterocycles. The molecule has 2 heterocycles. The Labute approximate surface area is 178 Å². The average molecular weight is 416 g/mol. The smallest absolute Gasteiger partial charge is 0.340 e. The second-order valence-corrected chi connectivity index (χ2v) is 7.85. The van der Waals surface area contributed by atoms with Gasteiger partial charge in [0.25, 0.3) is 0 Å². The average Bonchev–Trinajstić information content (AvgIpc) is 2.99. The molecule has 1 amide bonds. The SMILES string of the molecule is CCOC(=O)c1c(C)n(C)c2ccc(OC)c(NC(=O)CN3CCCCC3CC)c12. The van der Waals surface area contributed by atoms with Crippen LogP contribution >= 0.6 is 0 Å². The van der Waals surface area contributed by atoms with Gasteiger partial charge in [-0.2, -0.15) is 0 Å². The minimum absolute atomic E-state index is 0.0996. The summed E-state index contributed by atoms with van der Waals surface area (Å²) < 4.78 is 12.8. The number of piperidine rings is 1. The largest absolute Gasteiger partial charge is 0.495 e. The molecule has 1 aliphatic rings. The van der Waals surface area contributed by atoms with Gasteiger partial charge in [0, 0.05) is 24.2 Å². The van der Waals surface area contributed by atoms with Crippen LogP contribution in [0.25, 0.3) is 10.9 Å². The lowest BCUT2D eigenvalue weighted by molar-refractivity contribution is -0.118. The summed E-state index contributed by atoms with van der Waals surface area (Å²) in [5.74, 6) is 0.0292. The quantitative estimate of drug-likeness (QED) is 0.695. The number of carbonyl (C=O) groups is 2. The second-order valence-electron chi connectivity index (χ2n) is 7.85. The Bertz CT molecular complexity index is 934. The molecule has 0 bridgehead atoms. The summed E-state index contributed by atoms with van der Waals surface area (Å²) in [5, 5.41) is 3.71. The molecule has 1 saturated heterocycles. The number of rotatable bonds is 7. The Balaban J connectivity index is 2.00. The standard InChI is InChI=1S/C23H33N3O4/c1-6-16-10-8-9-13-26(16)14-19(27)24-22-18(29-5)12-11-17-21(22)20(15(3)25(17)4)23(28)30-7-2/h11-12,16H,6-10,13-14H2,1-5H3,(H,24,27). The number of ether oxygens (including phenoxy) is 2. The van der Waals surface area contributed by atoms with E-state index >= 15 is 0 Å². The van der Waals surface area contributed by atoms with Crippen molar-refractivity contribution in [3.63, 3.8) is 0 Å². The monoisotopic (exact) mass is 415 g/mol. The van der Waals surface area contributed by atoms with E-state index in [1.807, 2.05) is 30.7 Å². The number of likely N-dealkylation sites (tertiary alicyclic amines) is 1. The highest BCUT2D eigenvalue weighted by Crippen LogP contribution is 2.38. The van der Waals surface area contributed by atoms with Gasteiger partial charge in [0.15, 0.2) is 0 Å². The molecule has 1 unspecified atom stereocenters. The molecule has 1 fully saturated rings. The van der Waals surface area contributed by atoms with Gasteiger partial charge in [0.1, 0.15) is 5.75 Å². The van der Waals surface area contributed by atoms with E-state index in [0.717, 1.165) is 37.0 Å². The van der Waals surface area contributed by atoms with E-state index in [1.165, 1.54) is 6.42 Å². The summed E-state index contributed by atoms with van der Waals surface area (Å²) in [6, 6.07) is 4.16. The fourth-order valence-electron chi connectivity index (χ4n) is 4.48. The number of methoxy groups -OCH3 is 1. The molecule has 1 aliphatic heterocycles. The van der Waals surface area contributed by atoms with Crippen molar-refractivity contribution in [2.24, 2.45) is 7.05 Å². The molecular formula is C23H33N3O4. The molecule has 0 radical (unpaired) electrons. The summed E-state index contributed by atoms with van der Waals surface area (Å²) in [6.45, 7) is 7.38. The maximum atomic E-state index is 13.0. The van der Waals surface area contributed by atoms with Crippen LogP contribution in [0.2, 0.25) is 0 Å². The fourth-order valence-corrected chi connectivity index (χ4v) is 4.48. The first-order valence-electron chi connectivity index (χ1n) is 10.8. The number of carbonyl (C=O) groups excluding carboxylic acids is 2. The van der Waals surface area contributed by atoms with E-state index in [0.29, 0.717) is 35.0 Å². The molecule has 3 rings (SSSR count). The molecule has 1 atom stereocenters. The number of nitrogens with one attached hydrogen (secondary N) is 1. The molecule has 0 saturated carbocycles. The number of benzene rings is 1. The highest BCUT2D eigenvalue weighted by atomic mass is 16.5. The van der Waals surface area contributed by atoms with Crippen LogP contribution in [0.3, 0.4) is 0 Å². The first-order valence-corrected chi connectivity index (χ1v) is 10.8. The van der Waals surface area contributed by atoms with E-state index < -0.39 is 5.97 Å². The summed E-state index contributed by atoms with van der Waals surface area (Å²) in [6.07, 6.45) is 4.51. The van der Waals surface area contributed by atoms with Gasteiger partial charge in [-0.3, -0.25) is 9.69 Å². The van der Waals surface area contributed by atoms with Crippen LogP contribution in [0, 0.1) is 6.92 Å². The zero-order valence-electron chi connectivity index (χ0n) is 18.7. The first-order chi connectivity index (χ1) is 14.4. The van der Waals surface area contributed by atoms with Crippen molar-refractivity contribution >= 4 is 28.5 Å². The van der Waals surface area contributed by atoms with Crippen molar-refractivity contribution in [3.8, 4) is 5.75 Å². The Morgan fingerprint density at radius 1 is 1.23 bits per heavy atom. The molecule has 1 aromatic carbocycles. The van der Waals surface area contributed by atoms with Crippen LogP contribution < -0.4 is 10.1 Å². The maximum Gasteiger partial charge on any atom is 0.340 e. The Morgan fingerprint density at radius 3 is 2.67 bits per heavy atom. The lowest BCUT2D eigenvalue weighted by Gasteiger charge is -2.34. The molecule has 0 spiro atoms. The number of hydrogen-bond acceptors (Lipinski definition) is 5. The van der Waals surface area contributed by atoms with Gasteiger partial charge < -0.3 is 19.4 Å². The van der Waals surface area contributed by atoms with E-state index in [1.54, 1.807) is 14.0 Å². The van der Waals surface area contributed by atoms with Crippen LogP contribution in [0.15, 0.2) is 12.1 Å². The van der Waals surface area contributed by atoms with E-state index in [-0.39, 0.29) is 12.5 Å². The minimum Gasteiger partial charge on any atom is -0.495 e. The van der Waals surface area contributed by atoms with Crippen molar-refractivity contribution < 1.29 is 19.1 Å². The van der Waals surface area contributed by atoms with Gasteiger partial charge in [0.2, 0.25) is 5.91 Å². The molecule has 30 heavy (non-hydrogen) atoms. The second kappa shape index (κ2) is 9.51. The van der Waals surface area contributed by atoms with E-state index in [9.17, 15) is 9.59 Å². The number of fused-ring (bicyclic) bond motifs is 1. The molecule has 2 aromatic rings. The summed E-state index contributed by atoms with van der Waals surface area (Å²) in [5.41, 5.74) is 2.62. The van der Waals surface area contributed by atoms with Gasteiger partial charge in [0.05, 0.1) is 37.0 Å². The first kappa shape index (κ1) is 22.2. The lowest BCUT2D eigenvalue weighted by Crippen LogP contribution is -2.43. The summed E-state index contributed by atoms with van der Waals surface area (Å²) in [7, 11) is 3.46. The summed E-state index contributed by atoms with van der Waals surface area (Å²) >= 11 is 0. The number of nitrogens with zero attached hydrogens (tertiary/aromatic N) is 2. The molecule has 0 aliphatic carbocycles. The van der Waals surface area contributed by atoms with Crippen molar-refractivity contribution in [1.29, 1.82) is 0 Å². The van der Waals surface area contributed by atoms with Crippen molar-refractivity contribution in [2.45, 2.75) is 52.5 Å². The predicted octanol–water partition coefficient (Wildman–Crippen LogP) is 3.88. The molecule has 7 nitrogen and oxygen atoms in total. The molecule has 1 N–H and O–H groups in total. The number of aromatic nitrogens is 1. The number of amides is 1. The number of anilines is 1. The van der Waals surface area contributed by atoms with Gasteiger partial charge in [-0.05, 0) is 51.8 Å². The maximum absolute atomic E-state index is 13.0. The predicted molar refractivity (Wildman–Crippen MR) is 118 cm³/mol. The zero-order chi connectivity index (χ0) is 21.8. The molecule has 164 valence electrons. The molecular weight excluding hydrogens is 382 g/mol. The fraction of sp³-hybridized carbons (Fsp3) is 0.565. The highest BCUT2D eigenvalue weighted by molar-refractivity contribution is 6.14. The number of aryl methyl sites for hydroxylation is 1. The van der Waals surface area contributed by atoms with Crippen LogP contribution in [-0.2, 0) is 16.6 Å². The Hall–Kier alpha value is -2.54. The topological polar surface area (TPSA) is 72.8 Å². The summed E-state index contributed by atoms with van der Waals surface area (Å²) in [4.78, 5) is 28.0. The third-order valence-electron chi connectivity index (χ3n) is 6.15. The van der Waals surface area contributed by atoms with Crippen molar-refractivity contribution in [1.82, 2.24) is 9.47 Å². The van der Waals surface area contributed by atoms with Crippen LogP contribution in [0.5, 0.6) is 5.75 Å². The van der Waals surface area contributed by atoms with Crippen LogP contribution in [-0.4, -0.2) is 54.2 Å².